The molecule has 0 aromatic heterocycles. The molecule has 1 aliphatic heterocycles. The molecule has 4 heteroatoms. The van der Waals surface area contributed by atoms with Crippen molar-refractivity contribution in [3.63, 3.8) is 0 Å². The van der Waals surface area contributed by atoms with E-state index in [0.717, 1.165) is 25.7 Å². The van der Waals surface area contributed by atoms with E-state index in [1.165, 1.54) is 6.42 Å². The van der Waals surface area contributed by atoms with E-state index in [4.69, 9.17) is 9.84 Å². The molecule has 1 spiro atoms. The lowest BCUT2D eigenvalue weighted by Gasteiger charge is -2.38. The van der Waals surface area contributed by atoms with Gasteiger partial charge in [-0.2, -0.15) is 0 Å². The van der Waals surface area contributed by atoms with E-state index in [9.17, 15) is 4.79 Å². The zero-order chi connectivity index (χ0) is 10.2. The molecule has 2 aliphatic rings. The Hall–Kier alpha value is -0.610. The Morgan fingerprint density at radius 2 is 2.07 bits per heavy atom. The summed E-state index contributed by atoms with van der Waals surface area (Å²) in [5.74, 6) is -0.769. The third-order valence-corrected chi connectivity index (χ3v) is 3.54. The van der Waals surface area contributed by atoms with Crippen LogP contribution in [0, 0.1) is 0 Å². The van der Waals surface area contributed by atoms with Gasteiger partial charge in [0.15, 0.2) is 0 Å². The average Bonchev–Trinajstić information content (AvgIpc) is 2.46. The minimum atomic E-state index is -0.769. The standard InChI is InChI=1S/C10H17NO3/c1-11-8(9(12)13)7-14-10(11)5-3-2-4-6-10/h8H,2-7H2,1H3,(H,12,13)/t8-/m0/s1. The molecule has 1 atom stereocenters. The molecule has 2 fully saturated rings. The fraction of sp³-hybridized carbons (Fsp3) is 0.900. The molecule has 2 rings (SSSR count). The number of aliphatic carboxylic acids is 1. The minimum absolute atomic E-state index is 0.263. The van der Waals surface area contributed by atoms with Gasteiger partial charge in [-0.05, 0) is 32.7 Å². The summed E-state index contributed by atoms with van der Waals surface area (Å²) in [7, 11) is 1.87. The third-order valence-electron chi connectivity index (χ3n) is 3.54. The first kappa shape index (κ1) is 9.93. The number of hydrogen-bond acceptors (Lipinski definition) is 3. The molecule has 1 aliphatic carbocycles. The summed E-state index contributed by atoms with van der Waals surface area (Å²) >= 11 is 0. The van der Waals surface area contributed by atoms with E-state index in [1.54, 1.807) is 0 Å². The monoisotopic (exact) mass is 199 g/mol. The second-order valence-electron chi connectivity index (χ2n) is 4.28. The maximum Gasteiger partial charge on any atom is 0.323 e. The van der Waals surface area contributed by atoms with E-state index >= 15 is 0 Å². The van der Waals surface area contributed by atoms with Gasteiger partial charge in [0.25, 0.3) is 0 Å². The van der Waals surface area contributed by atoms with Gasteiger partial charge in [-0.15, -0.1) is 0 Å². The molecule has 0 amide bonds. The zero-order valence-electron chi connectivity index (χ0n) is 8.53. The summed E-state index contributed by atoms with van der Waals surface area (Å²) in [6.07, 6.45) is 5.50. The van der Waals surface area contributed by atoms with Crippen LogP contribution in [0.1, 0.15) is 32.1 Å². The van der Waals surface area contributed by atoms with E-state index in [-0.39, 0.29) is 5.72 Å². The molecule has 1 N–H and O–H groups in total. The molecule has 14 heavy (non-hydrogen) atoms. The smallest absolute Gasteiger partial charge is 0.323 e. The van der Waals surface area contributed by atoms with Crippen molar-refractivity contribution in [1.82, 2.24) is 4.90 Å². The molecule has 1 heterocycles. The molecule has 0 bridgehead atoms. The number of carboxylic acid groups (broad SMARTS) is 1. The Bertz CT molecular complexity index is 236. The Morgan fingerprint density at radius 3 is 2.57 bits per heavy atom. The first-order valence-corrected chi connectivity index (χ1v) is 5.25. The number of rotatable bonds is 1. The van der Waals surface area contributed by atoms with Gasteiger partial charge >= 0.3 is 5.97 Å². The van der Waals surface area contributed by atoms with Gasteiger partial charge in [-0.3, -0.25) is 9.69 Å². The molecule has 0 aromatic rings. The molecular formula is C10H17NO3. The van der Waals surface area contributed by atoms with Gasteiger partial charge in [0, 0.05) is 0 Å². The number of carboxylic acids is 1. The van der Waals surface area contributed by atoms with Gasteiger partial charge in [0.2, 0.25) is 0 Å². The molecule has 1 saturated heterocycles. The van der Waals surface area contributed by atoms with Gasteiger partial charge in [0.1, 0.15) is 11.8 Å². The highest BCUT2D eigenvalue weighted by Gasteiger charge is 2.48. The van der Waals surface area contributed by atoms with E-state index in [2.05, 4.69) is 0 Å². The first-order chi connectivity index (χ1) is 6.66. The summed E-state index contributed by atoms with van der Waals surface area (Å²) in [4.78, 5) is 12.8. The van der Waals surface area contributed by atoms with Crippen LogP contribution in [0.4, 0.5) is 0 Å². The number of carbonyl (C=O) groups is 1. The molecule has 0 aromatic carbocycles. The Kier molecular flexibility index (Phi) is 2.49. The first-order valence-electron chi connectivity index (χ1n) is 5.25. The summed E-state index contributed by atoms with van der Waals surface area (Å²) in [6.45, 7) is 0.339. The molecule has 4 nitrogen and oxygen atoms in total. The summed E-state index contributed by atoms with van der Waals surface area (Å²) in [6, 6.07) is -0.451. The molecular weight excluding hydrogens is 182 g/mol. The van der Waals surface area contributed by atoms with Crippen LogP contribution in [0.25, 0.3) is 0 Å². The Morgan fingerprint density at radius 1 is 1.43 bits per heavy atom. The fourth-order valence-electron chi connectivity index (χ4n) is 2.57. The maximum atomic E-state index is 10.9. The van der Waals surface area contributed by atoms with Crippen LogP contribution in [-0.2, 0) is 9.53 Å². The topological polar surface area (TPSA) is 49.8 Å². The highest BCUT2D eigenvalue weighted by molar-refractivity contribution is 5.74. The van der Waals surface area contributed by atoms with Crippen molar-refractivity contribution in [3.8, 4) is 0 Å². The van der Waals surface area contributed by atoms with Crippen LogP contribution >= 0.6 is 0 Å². The number of ether oxygens (including phenoxy) is 1. The predicted octanol–water partition coefficient (Wildman–Crippen LogP) is 1.06. The lowest BCUT2D eigenvalue weighted by molar-refractivity contribution is -0.144. The van der Waals surface area contributed by atoms with Crippen LogP contribution in [0.15, 0.2) is 0 Å². The molecule has 1 saturated carbocycles. The van der Waals surface area contributed by atoms with E-state index in [0.29, 0.717) is 6.61 Å². The quantitative estimate of drug-likeness (QED) is 0.686. The van der Waals surface area contributed by atoms with Crippen molar-refractivity contribution in [2.45, 2.75) is 43.9 Å². The second kappa shape index (κ2) is 3.51. The third kappa shape index (κ3) is 1.42. The second-order valence-corrected chi connectivity index (χ2v) is 4.28. The normalized spacial score (nSPS) is 32.2. The summed E-state index contributed by atoms with van der Waals surface area (Å²) in [5, 5.41) is 8.98. The van der Waals surface area contributed by atoms with E-state index < -0.39 is 12.0 Å². The predicted molar refractivity (Wildman–Crippen MR) is 51.0 cm³/mol. The van der Waals surface area contributed by atoms with Crippen LogP contribution in [-0.4, -0.2) is 41.4 Å². The van der Waals surface area contributed by atoms with Gasteiger partial charge in [-0.25, -0.2) is 0 Å². The average molecular weight is 199 g/mol. The molecule has 0 radical (unpaired) electrons. The van der Waals surface area contributed by atoms with Crippen LogP contribution in [0.5, 0.6) is 0 Å². The van der Waals surface area contributed by atoms with Crippen molar-refractivity contribution in [1.29, 1.82) is 0 Å². The van der Waals surface area contributed by atoms with Crippen molar-refractivity contribution >= 4 is 5.97 Å². The zero-order valence-corrected chi connectivity index (χ0v) is 8.53. The van der Waals surface area contributed by atoms with Crippen molar-refractivity contribution in [2.75, 3.05) is 13.7 Å². The minimum Gasteiger partial charge on any atom is -0.480 e. The largest absolute Gasteiger partial charge is 0.480 e. The lowest BCUT2D eigenvalue weighted by atomic mass is 9.90. The van der Waals surface area contributed by atoms with Gasteiger partial charge in [0.05, 0.1) is 6.61 Å². The van der Waals surface area contributed by atoms with Crippen molar-refractivity contribution < 1.29 is 14.6 Å². The number of hydrogen-bond donors (Lipinski definition) is 1. The number of likely N-dealkylation sites (N-methyl/N-ethyl adjacent to an activating group) is 1. The van der Waals surface area contributed by atoms with Crippen LogP contribution in [0.3, 0.4) is 0 Å². The van der Waals surface area contributed by atoms with Crippen molar-refractivity contribution in [3.05, 3.63) is 0 Å². The van der Waals surface area contributed by atoms with Crippen molar-refractivity contribution in [2.24, 2.45) is 0 Å². The number of nitrogens with zero attached hydrogens (tertiary/aromatic N) is 1. The lowest BCUT2D eigenvalue weighted by Crippen LogP contribution is -2.49. The summed E-state index contributed by atoms with van der Waals surface area (Å²) < 4.78 is 5.71. The molecule has 80 valence electrons. The highest BCUT2D eigenvalue weighted by Crippen LogP contribution is 2.39. The van der Waals surface area contributed by atoms with Gasteiger partial charge < -0.3 is 9.84 Å². The SMILES string of the molecule is CN1[C@H](C(=O)O)COC12CCCCC2. The van der Waals surface area contributed by atoms with Crippen LogP contribution < -0.4 is 0 Å². The van der Waals surface area contributed by atoms with Gasteiger partial charge in [-0.1, -0.05) is 6.42 Å². The Labute approximate surface area is 83.8 Å². The van der Waals surface area contributed by atoms with Crippen LogP contribution in [0.2, 0.25) is 0 Å². The fourth-order valence-corrected chi connectivity index (χ4v) is 2.57. The summed E-state index contributed by atoms with van der Waals surface area (Å²) in [5.41, 5.74) is -0.263. The maximum absolute atomic E-state index is 10.9. The highest BCUT2D eigenvalue weighted by atomic mass is 16.5. The molecule has 0 unspecified atom stereocenters. The Balaban J connectivity index is 2.11. The van der Waals surface area contributed by atoms with E-state index in [1.807, 2.05) is 11.9 Å².